The van der Waals surface area contributed by atoms with E-state index in [-0.39, 0.29) is 0 Å². The summed E-state index contributed by atoms with van der Waals surface area (Å²) in [7, 11) is 0. The van der Waals surface area contributed by atoms with Crippen molar-refractivity contribution in [1.29, 1.82) is 5.26 Å². The Balaban J connectivity index is 1.50. The molecule has 0 bridgehead atoms. The molecule has 0 saturated heterocycles. The predicted octanol–water partition coefficient (Wildman–Crippen LogP) is 6.51. The highest BCUT2D eigenvalue weighted by Gasteiger charge is 2.22. The van der Waals surface area contributed by atoms with Crippen LogP contribution in [0.4, 0.5) is 0 Å². The van der Waals surface area contributed by atoms with E-state index in [1.54, 1.807) is 0 Å². The molecule has 3 heteroatoms. The van der Waals surface area contributed by atoms with Crippen molar-refractivity contribution in [2.45, 2.75) is 71.1 Å². The van der Waals surface area contributed by atoms with Crippen molar-refractivity contribution in [1.82, 2.24) is 9.97 Å². The van der Waals surface area contributed by atoms with Crippen LogP contribution in [0, 0.1) is 23.2 Å². The molecule has 0 aliphatic heterocycles. The van der Waals surface area contributed by atoms with E-state index in [0.717, 1.165) is 23.2 Å². The van der Waals surface area contributed by atoms with Crippen LogP contribution in [0.5, 0.6) is 0 Å². The Morgan fingerprint density at radius 2 is 1.74 bits per heavy atom. The lowest BCUT2D eigenvalue weighted by Crippen LogP contribution is -2.14. The fourth-order valence-corrected chi connectivity index (χ4v) is 4.14. The van der Waals surface area contributed by atoms with E-state index in [2.05, 4.69) is 29.9 Å². The zero-order valence-corrected chi connectivity index (χ0v) is 16.7. The summed E-state index contributed by atoms with van der Waals surface area (Å²) < 4.78 is 0. The second-order valence-corrected chi connectivity index (χ2v) is 8.19. The lowest BCUT2D eigenvalue weighted by Gasteiger charge is -2.28. The van der Waals surface area contributed by atoms with Gasteiger partial charge in [-0.15, -0.1) is 0 Å². The molecule has 142 valence electrons. The van der Waals surface area contributed by atoms with Gasteiger partial charge in [0.1, 0.15) is 0 Å². The maximum Gasteiger partial charge on any atom is 0.159 e. The first-order valence-corrected chi connectivity index (χ1v) is 10.5. The molecule has 1 aromatic carbocycles. The van der Waals surface area contributed by atoms with Crippen LogP contribution in [0.1, 0.15) is 82.3 Å². The maximum absolute atomic E-state index is 8.90. The lowest BCUT2D eigenvalue weighted by molar-refractivity contribution is 0.295. The summed E-state index contributed by atoms with van der Waals surface area (Å²) in [6.07, 6.45) is 14.8. The third kappa shape index (κ3) is 5.39. The summed E-state index contributed by atoms with van der Waals surface area (Å²) in [5, 5.41) is 8.90. The summed E-state index contributed by atoms with van der Waals surface area (Å²) >= 11 is 0. The minimum atomic E-state index is 0.617. The van der Waals surface area contributed by atoms with Crippen molar-refractivity contribution in [3.63, 3.8) is 0 Å². The van der Waals surface area contributed by atoms with Gasteiger partial charge >= 0.3 is 0 Å². The van der Waals surface area contributed by atoms with Gasteiger partial charge in [0.25, 0.3) is 0 Å². The minimum absolute atomic E-state index is 0.617. The van der Waals surface area contributed by atoms with Gasteiger partial charge in [-0.05, 0) is 73.3 Å². The quantitative estimate of drug-likeness (QED) is 0.565. The molecule has 27 heavy (non-hydrogen) atoms. The number of rotatable bonds is 7. The Kier molecular flexibility index (Phi) is 6.98. The fourth-order valence-electron chi connectivity index (χ4n) is 4.14. The Labute approximate surface area is 163 Å². The molecule has 0 N–H and O–H groups in total. The zero-order valence-electron chi connectivity index (χ0n) is 16.7. The second kappa shape index (κ2) is 9.65. The molecule has 1 heterocycles. The van der Waals surface area contributed by atoms with Gasteiger partial charge in [-0.2, -0.15) is 5.26 Å². The lowest BCUT2D eigenvalue weighted by atomic mass is 9.77. The van der Waals surface area contributed by atoms with E-state index in [4.69, 9.17) is 5.26 Å². The Morgan fingerprint density at radius 1 is 1.07 bits per heavy atom. The molecule has 1 aromatic heterocycles. The second-order valence-electron chi connectivity index (χ2n) is 8.19. The van der Waals surface area contributed by atoms with E-state index in [9.17, 15) is 0 Å². The average Bonchev–Trinajstić information content (AvgIpc) is 2.74. The molecule has 1 aliphatic rings. The Hall–Kier alpha value is -2.21. The molecular formula is C24H31N3. The Bertz CT molecular complexity index is 735. The Morgan fingerprint density at radius 3 is 2.33 bits per heavy atom. The van der Waals surface area contributed by atoms with E-state index < -0.39 is 0 Å². The highest BCUT2D eigenvalue weighted by molar-refractivity contribution is 5.56. The standard InChI is InChI=1S/C24H31N3/c1-3-18(2)5-4-6-19-7-11-21(12-8-19)23-16-26-24(27-17-23)22-13-9-20(15-25)10-14-22/h9-10,13-14,16-19,21H,3-8,11-12H2,1-2H3. The number of hydrogen-bond acceptors (Lipinski definition) is 3. The molecule has 1 unspecified atom stereocenters. The first-order valence-electron chi connectivity index (χ1n) is 10.5. The van der Waals surface area contributed by atoms with Gasteiger partial charge in [-0.3, -0.25) is 0 Å². The molecule has 1 fully saturated rings. The topological polar surface area (TPSA) is 49.6 Å². The van der Waals surface area contributed by atoms with Crippen molar-refractivity contribution in [3.05, 3.63) is 47.8 Å². The summed E-state index contributed by atoms with van der Waals surface area (Å²) in [6.45, 7) is 4.67. The third-order valence-electron chi connectivity index (χ3n) is 6.27. The summed E-state index contributed by atoms with van der Waals surface area (Å²) in [5.74, 6) is 3.16. The van der Waals surface area contributed by atoms with Crippen LogP contribution < -0.4 is 0 Å². The zero-order chi connectivity index (χ0) is 19.1. The molecule has 1 saturated carbocycles. The van der Waals surface area contributed by atoms with Crippen LogP contribution in [-0.4, -0.2) is 9.97 Å². The van der Waals surface area contributed by atoms with Crippen LogP contribution in [0.25, 0.3) is 11.4 Å². The normalized spacial score (nSPS) is 20.8. The minimum Gasteiger partial charge on any atom is -0.236 e. The maximum atomic E-state index is 8.90. The number of nitrogens with zero attached hydrogens (tertiary/aromatic N) is 3. The van der Waals surface area contributed by atoms with Crippen molar-refractivity contribution >= 4 is 0 Å². The number of benzene rings is 1. The third-order valence-corrected chi connectivity index (χ3v) is 6.27. The molecule has 0 spiro atoms. The van der Waals surface area contributed by atoms with Crippen molar-refractivity contribution in [3.8, 4) is 17.5 Å². The largest absolute Gasteiger partial charge is 0.236 e. The van der Waals surface area contributed by atoms with Gasteiger partial charge < -0.3 is 0 Å². The van der Waals surface area contributed by atoms with Gasteiger partial charge in [0, 0.05) is 18.0 Å². The van der Waals surface area contributed by atoms with E-state index in [0.29, 0.717) is 11.5 Å². The number of aromatic nitrogens is 2. The van der Waals surface area contributed by atoms with E-state index in [1.807, 2.05) is 36.7 Å². The van der Waals surface area contributed by atoms with Gasteiger partial charge in [-0.1, -0.05) is 39.5 Å². The first-order chi connectivity index (χ1) is 13.2. The van der Waals surface area contributed by atoms with Crippen molar-refractivity contribution in [2.75, 3.05) is 0 Å². The number of hydrogen-bond donors (Lipinski definition) is 0. The van der Waals surface area contributed by atoms with Crippen LogP contribution in [0.3, 0.4) is 0 Å². The molecule has 3 nitrogen and oxygen atoms in total. The van der Waals surface area contributed by atoms with Crippen molar-refractivity contribution in [2.24, 2.45) is 11.8 Å². The van der Waals surface area contributed by atoms with Gasteiger partial charge in [0.05, 0.1) is 11.6 Å². The smallest absolute Gasteiger partial charge is 0.159 e. The number of nitriles is 1. The molecule has 0 radical (unpaired) electrons. The van der Waals surface area contributed by atoms with Gasteiger partial charge in [0.15, 0.2) is 5.82 Å². The summed E-state index contributed by atoms with van der Waals surface area (Å²) in [5.41, 5.74) is 2.91. The monoisotopic (exact) mass is 361 g/mol. The van der Waals surface area contributed by atoms with Crippen LogP contribution in [-0.2, 0) is 0 Å². The molecule has 2 aromatic rings. The summed E-state index contributed by atoms with van der Waals surface area (Å²) in [4.78, 5) is 9.17. The van der Waals surface area contributed by atoms with Crippen LogP contribution in [0.2, 0.25) is 0 Å². The molecule has 3 rings (SSSR count). The fraction of sp³-hybridized carbons (Fsp3) is 0.542. The SMILES string of the molecule is CCC(C)CCCC1CCC(c2cnc(-c3ccc(C#N)cc3)nc2)CC1. The summed E-state index contributed by atoms with van der Waals surface area (Å²) in [6, 6.07) is 9.60. The molecule has 1 atom stereocenters. The predicted molar refractivity (Wildman–Crippen MR) is 110 cm³/mol. The van der Waals surface area contributed by atoms with Crippen LogP contribution >= 0.6 is 0 Å². The first kappa shape index (κ1) is 19.5. The van der Waals surface area contributed by atoms with Gasteiger partial charge in [-0.25, -0.2) is 9.97 Å². The van der Waals surface area contributed by atoms with E-state index >= 15 is 0 Å². The molecule has 0 amide bonds. The molecule has 1 aliphatic carbocycles. The molecular weight excluding hydrogens is 330 g/mol. The highest BCUT2D eigenvalue weighted by Crippen LogP contribution is 2.37. The highest BCUT2D eigenvalue weighted by atomic mass is 14.9. The van der Waals surface area contributed by atoms with Gasteiger partial charge in [0.2, 0.25) is 0 Å². The van der Waals surface area contributed by atoms with Crippen molar-refractivity contribution < 1.29 is 0 Å². The average molecular weight is 362 g/mol. The van der Waals surface area contributed by atoms with E-state index in [1.165, 1.54) is 56.9 Å². The van der Waals surface area contributed by atoms with Crippen LogP contribution in [0.15, 0.2) is 36.7 Å².